The highest BCUT2D eigenvalue weighted by molar-refractivity contribution is 5.83. The van der Waals surface area contributed by atoms with E-state index in [-0.39, 0.29) is 5.41 Å². The molecule has 1 aliphatic carbocycles. The van der Waals surface area contributed by atoms with Gasteiger partial charge < -0.3 is 0 Å². The molecule has 3 rings (SSSR count). The molecular weight excluding hydrogens is 264 g/mol. The van der Waals surface area contributed by atoms with Gasteiger partial charge in [0, 0.05) is 5.41 Å². The van der Waals surface area contributed by atoms with E-state index >= 15 is 0 Å². The molecular formula is C22H22. The zero-order chi connectivity index (χ0) is 15.7. The minimum absolute atomic E-state index is 0.140. The fraction of sp³-hybridized carbons (Fsp3) is 0.182. The zero-order valence-corrected chi connectivity index (χ0v) is 13.6. The monoisotopic (exact) mass is 286 g/mol. The molecule has 0 fully saturated rings. The summed E-state index contributed by atoms with van der Waals surface area (Å²) in [6.45, 7) is 10.7. The molecule has 0 bridgehead atoms. The first-order valence-electron chi connectivity index (χ1n) is 7.73. The van der Waals surface area contributed by atoms with Crippen LogP contribution in [0, 0.1) is 5.41 Å². The van der Waals surface area contributed by atoms with Crippen molar-refractivity contribution in [3.63, 3.8) is 0 Å². The van der Waals surface area contributed by atoms with Crippen molar-refractivity contribution in [1.82, 2.24) is 0 Å². The van der Waals surface area contributed by atoms with Crippen molar-refractivity contribution in [3.05, 3.63) is 84.5 Å². The third-order valence-corrected chi connectivity index (χ3v) is 4.09. The lowest BCUT2D eigenvalue weighted by Crippen LogP contribution is -1.98. The Morgan fingerprint density at radius 2 is 1.59 bits per heavy atom. The zero-order valence-electron chi connectivity index (χ0n) is 13.6. The summed E-state index contributed by atoms with van der Waals surface area (Å²) in [4.78, 5) is 0. The van der Waals surface area contributed by atoms with Gasteiger partial charge in [-0.25, -0.2) is 0 Å². The minimum Gasteiger partial charge on any atom is -0.0955 e. The second kappa shape index (κ2) is 5.46. The van der Waals surface area contributed by atoms with E-state index in [1.165, 1.54) is 27.8 Å². The SMILES string of the molecule is C=C(C)c1cc(C2=CC(C)(C)C=C2)cc(-c2ccccc2)c1. The number of hydrogen-bond acceptors (Lipinski definition) is 0. The van der Waals surface area contributed by atoms with Crippen molar-refractivity contribution in [3.8, 4) is 11.1 Å². The van der Waals surface area contributed by atoms with E-state index in [1.54, 1.807) is 0 Å². The summed E-state index contributed by atoms with van der Waals surface area (Å²) in [7, 11) is 0. The van der Waals surface area contributed by atoms with Crippen LogP contribution in [0.2, 0.25) is 0 Å². The van der Waals surface area contributed by atoms with Gasteiger partial charge in [-0.1, -0.05) is 74.6 Å². The quantitative estimate of drug-likeness (QED) is 0.615. The van der Waals surface area contributed by atoms with Gasteiger partial charge in [0.15, 0.2) is 0 Å². The molecule has 0 unspecified atom stereocenters. The molecule has 0 aromatic heterocycles. The summed E-state index contributed by atoms with van der Waals surface area (Å²) >= 11 is 0. The van der Waals surface area contributed by atoms with Crippen molar-refractivity contribution in [2.75, 3.05) is 0 Å². The van der Waals surface area contributed by atoms with Crippen molar-refractivity contribution in [2.45, 2.75) is 20.8 Å². The first kappa shape index (κ1) is 14.6. The summed E-state index contributed by atoms with van der Waals surface area (Å²) in [5.74, 6) is 0. The van der Waals surface area contributed by atoms with Crippen LogP contribution in [-0.2, 0) is 0 Å². The number of hydrogen-bond donors (Lipinski definition) is 0. The largest absolute Gasteiger partial charge is 0.0955 e. The Morgan fingerprint density at radius 1 is 0.909 bits per heavy atom. The van der Waals surface area contributed by atoms with Crippen LogP contribution in [0.1, 0.15) is 31.9 Å². The van der Waals surface area contributed by atoms with Gasteiger partial charge in [0.1, 0.15) is 0 Å². The molecule has 0 amide bonds. The maximum atomic E-state index is 4.12. The standard InChI is InChI=1S/C22H22/c1-16(2)19-12-20(17-8-6-5-7-9-17)14-21(13-19)18-10-11-22(3,4)15-18/h5-15H,1H2,2-4H3. The average molecular weight is 286 g/mol. The first-order valence-corrected chi connectivity index (χ1v) is 7.73. The second-order valence-corrected chi connectivity index (χ2v) is 6.70. The summed E-state index contributed by atoms with van der Waals surface area (Å²) in [6.07, 6.45) is 6.82. The van der Waals surface area contributed by atoms with E-state index in [4.69, 9.17) is 0 Å². The van der Waals surface area contributed by atoms with Crippen LogP contribution < -0.4 is 0 Å². The predicted molar refractivity (Wildman–Crippen MR) is 97.5 cm³/mol. The Balaban J connectivity index is 2.14. The molecule has 110 valence electrons. The highest BCUT2D eigenvalue weighted by Crippen LogP contribution is 2.36. The highest BCUT2D eigenvalue weighted by Gasteiger charge is 2.18. The van der Waals surface area contributed by atoms with Gasteiger partial charge in [0.25, 0.3) is 0 Å². The fourth-order valence-corrected chi connectivity index (χ4v) is 2.82. The number of allylic oxidation sites excluding steroid dienone is 5. The molecule has 2 aromatic carbocycles. The Labute approximate surface area is 133 Å². The molecule has 2 aromatic rings. The normalized spacial score (nSPS) is 15.7. The molecule has 1 aliphatic rings. The fourth-order valence-electron chi connectivity index (χ4n) is 2.82. The van der Waals surface area contributed by atoms with Gasteiger partial charge >= 0.3 is 0 Å². The molecule has 0 heteroatoms. The highest BCUT2D eigenvalue weighted by atomic mass is 14.2. The van der Waals surface area contributed by atoms with Crippen LogP contribution >= 0.6 is 0 Å². The van der Waals surface area contributed by atoms with E-state index in [2.05, 4.69) is 94.1 Å². The van der Waals surface area contributed by atoms with Crippen LogP contribution in [0.15, 0.2) is 73.3 Å². The Kier molecular flexibility index (Phi) is 3.62. The molecule has 0 heterocycles. The Bertz CT molecular complexity index is 771. The Morgan fingerprint density at radius 3 is 2.18 bits per heavy atom. The lowest BCUT2D eigenvalue weighted by Gasteiger charge is -2.12. The van der Waals surface area contributed by atoms with Gasteiger partial charge in [-0.15, -0.1) is 0 Å². The van der Waals surface area contributed by atoms with E-state index < -0.39 is 0 Å². The molecule has 22 heavy (non-hydrogen) atoms. The molecule has 0 saturated heterocycles. The Hall–Kier alpha value is -2.34. The predicted octanol–water partition coefficient (Wildman–Crippen LogP) is 6.37. The minimum atomic E-state index is 0.140. The maximum absolute atomic E-state index is 4.12. The molecule has 0 radical (unpaired) electrons. The van der Waals surface area contributed by atoms with Crippen molar-refractivity contribution in [1.29, 1.82) is 0 Å². The third-order valence-electron chi connectivity index (χ3n) is 4.09. The number of rotatable bonds is 3. The van der Waals surface area contributed by atoms with Gasteiger partial charge in [-0.3, -0.25) is 0 Å². The smallest absolute Gasteiger partial charge is 0.00169 e. The van der Waals surface area contributed by atoms with Crippen LogP contribution in [0.5, 0.6) is 0 Å². The molecule has 0 aliphatic heterocycles. The molecule has 0 nitrogen and oxygen atoms in total. The second-order valence-electron chi connectivity index (χ2n) is 6.70. The van der Waals surface area contributed by atoms with Gasteiger partial charge in [0.05, 0.1) is 0 Å². The summed E-state index contributed by atoms with van der Waals surface area (Å²) in [6, 6.07) is 17.3. The van der Waals surface area contributed by atoms with Gasteiger partial charge in [-0.05, 0) is 52.9 Å². The molecule has 0 spiro atoms. The molecule has 0 N–H and O–H groups in total. The van der Waals surface area contributed by atoms with Crippen LogP contribution in [0.25, 0.3) is 22.3 Å². The summed E-state index contributed by atoms with van der Waals surface area (Å²) in [5, 5.41) is 0. The van der Waals surface area contributed by atoms with Crippen LogP contribution in [0.3, 0.4) is 0 Å². The van der Waals surface area contributed by atoms with Gasteiger partial charge in [-0.2, -0.15) is 0 Å². The van der Waals surface area contributed by atoms with Gasteiger partial charge in [0.2, 0.25) is 0 Å². The first-order chi connectivity index (χ1) is 10.4. The van der Waals surface area contributed by atoms with Crippen molar-refractivity contribution < 1.29 is 0 Å². The van der Waals surface area contributed by atoms with Crippen molar-refractivity contribution in [2.24, 2.45) is 5.41 Å². The number of benzene rings is 2. The molecule has 0 saturated carbocycles. The lowest BCUT2D eigenvalue weighted by atomic mass is 9.92. The van der Waals surface area contributed by atoms with E-state index in [9.17, 15) is 0 Å². The summed E-state index contributed by atoms with van der Waals surface area (Å²) in [5.41, 5.74) is 7.49. The van der Waals surface area contributed by atoms with E-state index in [1.807, 2.05) is 0 Å². The van der Waals surface area contributed by atoms with E-state index in [0.29, 0.717) is 0 Å². The summed E-state index contributed by atoms with van der Waals surface area (Å²) < 4.78 is 0. The van der Waals surface area contributed by atoms with E-state index in [0.717, 1.165) is 5.57 Å². The third kappa shape index (κ3) is 2.96. The average Bonchev–Trinajstić information content (AvgIpc) is 2.88. The lowest BCUT2D eigenvalue weighted by molar-refractivity contribution is 0.637. The topological polar surface area (TPSA) is 0 Å². The maximum Gasteiger partial charge on any atom is 0.00169 e. The van der Waals surface area contributed by atoms with Crippen LogP contribution in [0.4, 0.5) is 0 Å². The van der Waals surface area contributed by atoms with Crippen LogP contribution in [-0.4, -0.2) is 0 Å². The molecule has 0 atom stereocenters. The van der Waals surface area contributed by atoms with Crippen molar-refractivity contribution >= 4 is 11.1 Å².